The Hall–Kier alpha value is -2.05. The van der Waals surface area contributed by atoms with Crippen molar-refractivity contribution in [1.82, 2.24) is 9.78 Å². The number of anilines is 1. The minimum atomic E-state index is -0.802. The zero-order chi connectivity index (χ0) is 13.7. The molecule has 0 radical (unpaired) electrons. The number of nitrogens with one attached hydrogen (secondary N) is 1. The summed E-state index contributed by atoms with van der Waals surface area (Å²) in [6.45, 7) is 2.29. The summed E-state index contributed by atoms with van der Waals surface area (Å²) >= 11 is 0. The van der Waals surface area contributed by atoms with Crippen LogP contribution in [0.1, 0.15) is 35.3 Å². The zero-order valence-electron chi connectivity index (χ0n) is 10.6. The van der Waals surface area contributed by atoms with E-state index in [1.165, 1.54) is 0 Å². The van der Waals surface area contributed by atoms with Gasteiger partial charge in [-0.25, -0.2) is 0 Å². The molecule has 0 fully saturated rings. The fourth-order valence-electron chi connectivity index (χ4n) is 1.76. The van der Waals surface area contributed by atoms with Gasteiger partial charge in [0.2, 0.25) is 0 Å². The number of aromatic nitrogens is 2. The summed E-state index contributed by atoms with van der Waals surface area (Å²) in [6.07, 6.45) is 1.44. The molecule has 1 rings (SSSR count). The molecule has 0 aliphatic carbocycles. The highest BCUT2D eigenvalue weighted by Crippen LogP contribution is 2.17. The van der Waals surface area contributed by atoms with Crippen molar-refractivity contribution in [1.29, 1.82) is 0 Å². The summed E-state index contributed by atoms with van der Waals surface area (Å²) in [7, 11) is 1.72. The van der Waals surface area contributed by atoms with E-state index in [9.17, 15) is 9.59 Å². The molecule has 0 bridgehead atoms. The molecular weight excluding hydrogens is 236 g/mol. The summed E-state index contributed by atoms with van der Waals surface area (Å²) < 4.78 is 1.56. The lowest BCUT2D eigenvalue weighted by atomic mass is 10.2. The number of aliphatic carboxylic acids is 1. The van der Waals surface area contributed by atoms with Crippen molar-refractivity contribution in [3.05, 3.63) is 11.3 Å². The Morgan fingerprint density at radius 2 is 2.11 bits per heavy atom. The van der Waals surface area contributed by atoms with E-state index in [2.05, 4.69) is 10.4 Å². The first-order chi connectivity index (χ1) is 8.43. The van der Waals surface area contributed by atoms with Crippen molar-refractivity contribution in [3.8, 4) is 0 Å². The van der Waals surface area contributed by atoms with E-state index < -0.39 is 11.9 Å². The first-order valence-electron chi connectivity index (χ1n) is 5.72. The summed E-state index contributed by atoms with van der Waals surface area (Å²) in [5.41, 5.74) is 6.26. The molecule has 7 heteroatoms. The lowest BCUT2D eigenvalue weighted by Gasteiger charge is -2.07. The minimum absolute atomic E-state index is 0.148. The number of aryl methyl sites for hydroxylation is 2. The van der Waals surface area contributed by atoms with Gasteiger partial charge in [-0.3, -0.25) is 14.3 Å². The second-order valence-corrected chi connectivity index (χ2v) is 4.07. The van der Waals surface area contributed by atoms with E-state index in [-0.39, 0.29) is 6.42 Å². The number of carboxylic acid groups (broad SMARTS) is 1. The molecule has 1 amide bonds. The maximum Gasteiger partial charge on any atom is 0.303 e. The van der Waals surface area contributed by atoms with E-state index in [0.29, 0.717) is 36.5 Å². The molecular formula is C11H18N4O3. The summed E-state index contributed by atoms with van der Waals surface area (Å²) in [4.78, 5) is 21.6. The number of unbranched alkanes of at least 4 members (excludes halogenated alkanes) is 1. The second kappa shape index (κ2) is 6.04. The minimum Gasteiger partial charge on any atom is -0.481 e. The van der Waals surface area contributed by atoms with Crippen LogP contribution >= 0.6 is 0 Å². The van der Waals surface area contributed by atoms with Crippen molar-refractivity contribution < 1.29 is 14.7 Å². The van der Waals surface area contributed by atoms with Crippen LogP contribution in [0.2, 0.25) is 0 Å². The number of carbonyl (C=O) groups is 2. The highest BCUT2D eigenvalue weighted by Gasteiger charge is 2.17. The average molecular weight is 254 g/mol. The number of carbonyl (C=O) groups excluding carboxylic acids is 1. The van der Waals surface area contributed by atoms with E-state index in [1.54, 1.807) is 18.7 Å². The average Bonchev–Trinajstić information content (AvgIpc) is 2.52. The number of primary amides is 1. The molecule has 18 heavy (non-hydrogen) atoms. The third-order valence-electron chi connectivity index (χ3n) is 2.58. The Bertz CT molecular complexity index is 453. The van der Waals surface area contributed by atoms with Gasteiger partial charge in [0.05, 0.1) is 5.69 Å². The summed E-state index contributed by atoms with van der Waals surface area (Å²) in [5, 5.41) is 15.7. The molecule has 0 aliphatic heterocycles. The molecule has 0 saturated heterocycles. The molecule has 1 heterocycles. The normalized spacial score (nSPS) is 10.3. The van der Waals surface area contributed by atoms with Crippen LogP contribution in [0, 0.1) is 6.92 Å². The Morgan fingerprint density at radius 3 is 2.67 bits per heavy atom. The van der Waals surface area contributed by atoms with Crippen LogP contribution in [0.4, 0.5) is 5.82 Å². The molecule has 7 nitrogen and oxygen atoms in total. The number of nitrogens with zero attached hydrogens (tertiary/aromatic N) is 2. The van der Waals surface area contributed by atoms with Gasteiger partial charge in [-0.1, -0.05) is 0 Å². The lowest BCUT2D eigenvalue weighted by Crippen LogP contribution is -2.16. The van der Waals surface area contributed by atoms with Gasteiger partial charge in [-0.2, -0.15) is 5.10 Å². The summed E-state index contributed by atoms with van der Waals surface area (Å²) in [6, 6.07) is 0. The van der Waals surface area contributed by atoms with Crippen molar-refractivity contribution in [3.63, 3.8) is 0 Å². The van der Waals surface area contributed by atoms with Crippen LogP contribution in [-0.4, -0.2) is 33.3 Å². The number of hydrogen-bond acceptors (Lipinski definition) is 4. The van der Waals surface area contributed by atoms with Crippen LogP contribution in [-0.2, 0) is 11.8 Å². The van der Waals surface area contributed by atoms with Gasteiger partial charge in [0.15, 0.2) is 0 Å². The van der Waals surface area contributed by atoms with Gasteiger partial charge in [-0.05, 0) is 19.8 Å². The van der Waals surface area contributed by atoms with Crippen LogP contribution in [0.25, 0.3) is 0 Å². The van der Waals surface area contributed by atoms with E-state index in [1.807, 2.05) is 0 Å². The number of amides is 1. The smallest absolute Gasteiger partial charge is 0.303 e. The quantitative estimate of drug-likeness (QED) is 0.613. The Kier molecular flexibility index (Phi) is 4.70. The monoisotopic (exact) mass is 254 g/mol. The molecule has 0 atom stereocenters. The highest BCUT2D eigenvalue weighted by atomic mass is 16.4. The maximum absolute atomic E-state index is 11.3. The first kappa shape index (κ1) is 14.0. The van der Waals surface area contributed by atoms with Crippen molar-refractivity contribution in [2.24, 2.45) is 12.8 Å². The van der Waals surface area contributed by atoms with E-state index >= 15 is 0 Å². The van der Waals surface area contributed by atoms with Gasteiger partial charge in [-0.15, -0.1) is 0 Å². The molecule has 0 unspecified atom stereocenters. The maximum atomic E-state index is 11.3. The van der Waals surface area contributed by atoms with Crippen molar-refractivity contribution in [2.75, 3.05) is 11.9 Å². The number of carboxylic acids is 1. The Balaban J connectivity index is 2.56. The summed E-state index contributed by atoms with van der Waals surface area (Å²) in [5.74, 6) is -0.742. The van der Waals surface area contributed by atoms with Crippen molar-refractivity contribution in [2.45, 2.75) is 26.2 Å². The number of nitrogens with two attached hydrogens (primary N) is 1. The molecule has 4 N–H and O–H groups in total. The van der Waals surface area contributed by atoms with Crippen LogP contribution < -0.4 is 11.1 Å². The predicted molar refractivity (Wildman–Crippen MR) is 66.4 cm³/mol. The molecule has 1 aromatic rings. The topological polar surface area (TPSA) is 110 Å². The van der Waals surface area contributed by atoms with Crippen LogP contribution in [0.3, 0.4) is 0 Å². The van der Waals surface area contributed by atoms with Crippen LogP contribution in [0.5, 0.6) is 0 Å². The molecule has 0 saturated carbocycles. The largest absolute Gasteiger partial charge is 0.481 e. The van der Waals surface area contributed by atoms with Crippen LogP contribution in [0.15, 0.2) is 0 Å². The molecule has 100 valence electrons. The van der Waals surface area contributed by atoms with E-state index in [4.69, 9.17) is 10.8 Å². The lowest BCUT2D eigenvalue weighted by molar-refractivity contribution is -0.137. The van der Waals surface area contributed by atoms with Crippen molar-refractivity contribution >= 4 is 17.7 Å². The van der Waals surface area contributed by atoms with Gasteiger partial charge < -0.3 is 16.2 Å². The molecule has 0 aromatic carbocycles. The van der Waals surface area contributed by atoms with Gasteiger partial charge in [0, 0.05) is 20.0 Å². The third kappa shape index (κ3) is 3.47. The Labute approximate surface area is 105 Å². The number of hydrogen-bond donors (Lipinski definition) is 3. The number of rotatable bonds is 7. The molecule has 0 aliphatic rings. The SMILES string of the molecule is Cc1nn(C)c(NCCCCC(=O)O)c1C(N)=O. The fourth-order valence-corrected chi connectivity index (χ4v) is 1.76. The molecule has 1 aromatic heterocycles. The predicted octanol–water partition coefficient (Wildman–Crippen LogP) is 0.494. The Morgan fingerprint density at radius 1 is 1.44 bits per heavy atom. The zero-order valence-corrected chi connectivity index (χ0v) is 10.6. The first-order valence-corrected chi connectivity index (χ1v) is 5.72. The van der Waals surface area contributed by atoms with Gasteiger partial charge in [0.25, 0.3) is 5.91 Å². The standard InChI is InChI=1S/C11H18N4O3/c1-7-9(10(12)18)11(15(2)14-7)13-6-4-3-5-8(16)17/h13H,3-6H2,1-2H3,(H2,12,18)(H,16,17). The fraction of sp³-hybridized carbons (Fsp3) is 0.545. The third-order valence-corrected chi connectivity index (χ3v) is 2.58. The van der Waals surface area contributed by atoms with Gasteiger partial charge in [0.1, 0.15) is 11.4 Å². The second-order valence-electron chi connectivity index (χ2n) is 4.07. The molecule has 0 spiro atoms. The highest BCUT2D eigenvalue weighted by molar-refractivity contribution is 5.98. The van der Waals surface area contributed by atoms with E-state index in [0.717, 1.165) is 0 Å². The van der Waals surface area contributed by atoms with Gasteiger partial charge >= 0.3 is 5.97 Å².